The second-order valence-corrected chi connectivity index (χ2v) is 6.73. The Hall–Kier alpha value is -1.72. The van der Waals surface area contributed by atoms with E-state index in [0.717, 1.165) is 11.3 Å². The van der Waals surface area contributed by atoms with E-state index in [1.807, 2.05) is 45.9 Å². The van der Waals surface area contributed by atoms with Crippen LogP contribution in [0.15, 0.2) is 36.7 Å². The van der Waals surface area contributed by atoms with E-state index in [2.05, 4.69) is 18.0 Å². The lowest BCUT2D eigenvalue weighted by molar-refractivity contribution is 0.00578. The topological polar surface area (TPSA) is 44.2 Å². The van der Waals surface area contributed by atoms with E-state index >= 15 is 0 Å². The molecule has 1 fully saturated rings. The number of hydrogen-bond donors (Lipinski definition) is 0. The lowest BCUT2D eigenvalue weighted by Crippen LogP contribution is -2.41. The summed E-state index contributed by atoms with van der Waals surface area (Å²) in [6, 6.07) is 8.14. The van der Waals surface area contributed by atoms with Crippen LogP contribution in [0.4, 0.5) is 0 Å². The summed E-state index contributed by atoms with van der Waals surface area (Å²) in [5.74, 6) is 0. The van der Waals surface area contributed by atoms with E-state index in [-0.39, 0.29) is 11.2 Å². The van der Waals surface area contributed by atoms with Crippen molar-refractivity contribution in [2.75, 3.05) is 0 Å². The van der Waals surface area contributed by atoms with Crippen molar-refractivity contribution >= 4 is 12.7 Å². The van der Waals surface area contributed by atoms with E-state index in [1.165, 1.54) is 5.56 Å². The zero-order valence-electron chi connectivity index (χ0n) is 13.8. The summed E-state index contributed by atoms with van der Waals surface area (Å²) in [4.78, 5) is 9.02. The minimum Gasteiger partial charge on any atom is -0.398 e. The quantitative estimate of drug-likeness (QED) is 0.799. The molecule has 0 atom stereocenters. The van der Waals surface area contributed by atoms with E-state index < -0.39 is 7.12 Å². The molecule has 4 nitrogen and oxygen atoms in total. The van der Waals surface area contributed by atoms with Gasteiger partial charge in [-0.2, -0.15) is 0 Å². The zero-order chi connectivity index (χ0) is 16.0. The molecular formula is C17H21BN2O2. The number of hydrogen-bond acceptors (Lipinski definition) is 4. The Bertz CT molecular complexity index is 685. The molecule has 114 valence electrons. The molecule has 0 aliphatic carbocycles. The summed E-state index contributed by atoms with van der Waals surface area (Å²) in [6.45, 7) is 10.2. The lowest BCUT2D eigenvalue weighted by atomic mass is 9.85. The molecule has 0 N–H and O–H groups in total. The fourth-order valence-electron chi connectivity index (χ4n) is 2.45. The Morgan fingerprint density at radius 2 is 1.59 bits per heavy atom. The van der Waals surface area contributed by atoms with Crippen LogP contribution in [-0.4, -0.2) is 28.3 Å². The molecule has 0 unspecified atom stereocenters. The summed E-state index contributed by atoms with van der Waals surface area (Å²) < 4.78 is 12.1. The van der Waals surface area contributed by atoms with Crippen molar-refractivity contribution in [2.45, 2.75) is 45.8 Å². The van der Waals surface area contributed by atoms with Crippen molar-refractivity contribution in [1.29, 1.82) is 0 Å². The molecule has 1 aromatic carbocycles. The number of rotatable bonds is 2. The first-order valence-corrected chi connectivity index (χ1v) is 7.54. The van der Waals surface area contributed by atoms with Gasteiger partial charge in [0.25, 0.3) is 0 Å². The molecule has 5 heteroatoms. The Balaban J connectivity index is 1.95. The predicted octanol–water partition coefficient (Wildman–Crippen LogP) is 2.75. The van der Waals surface area contributed by atoms with Gasteiger partial charge >= 0.3 is 7.12 Å². The Kier molecular flexibility index (Phi) is 3.58. The van der Waals surface area contributed by atoms with E-state index in [1.54, 1.807) is 12.4 Å². The third kappa shape index (κ3) is 2.55. The average Bonchev–Trinajstić information content (AvgIpc) is 2.68. The van der Waals surface area contributed by atoms with Gasteiger partial charge in [0.15, 0.2) is 0 Å². The lowest BCUT2D eigenvalue weighted by Gasteiger charge is -2.32. The van der Waals surface area contributed by atoms with Crippen LogP contribution in [0.3, 0.4) is 0 Å². The van der Waals surface area contributed by atoms with E-state index in [0.29, 0.717) is 5.59 Å². The average molecular weight is 296 g/mol. The van der Waals surface area contributed by atoms with Crippen molar-refractivity contribution in [3.05, 3.63) is 42.2 Å². The molecule has 0 saturated carbocycles. The maximum absolute atomic E-state index is 6.05. The number of nitrogens with zero attached hydrogens (tertiary/aromatic N) is 2. The fourth-order valence-corrected chi connectivity index (χ4v) is 2.45. The summed E-state index contributed by atoms with van der Waals surface area (Å²) in [7, 11) is -0.485. The fraction of sp³-hybridized carbons (Fsp3) is 0.412. The zero-order valence-corrected chi connectivity index (χ0v) is 13.8. The van der Waals surface area contributed by atoms with Crippen molar-refractivity contribution < 1.29 is 9.31 Å². The van der Waals surface area contributed by atoms with Crippen LogP contribution >= 0.6 is 0 Å². The maximum Gasteiger partial charge on any atom is 0.516 e. The molecule has 1 saturated heterocycles. The number of benzene rings is 1. The summed E-state index contributed by atoms with van der Waals surface area (Å²) >= 11 is 0. The SMILES string of the molecule is Cc1ccccc1-c1cncc(B2OC(C)(C)C(C)(C)O2)n1. The molecule has 0 amide bonds. The van der Waals surface area contributed by atoms with Crippen LogP contribution in [0.25, 0.3) is 11.3 Å². The highest BCUT2D eigenvalue weighted by atomic mass is 16.7. The Morgan fingerprint density at radius 1 is 0.955 bits per heavy atom. The van der Waals surface area contributed by atoms with E-state index in [9.17, 15) is 0 Å². The van der Waals surface area contributed by atoms with Crippen molar-refractivity contribution in [3.8, 4) is 11.3 Å². The minimum absolute atomic E-state index is 0.377. The van der Waals surface area contributed by atoms with Gasteiger partial charge in [-0.3, -0.25) is 9.97 Å². The van der Waals surface area contributed by atoms with Gasteiger partial charge in [-0.25, -0.2) is 0 Å². The van der Waals surface area contributed by atoms with Crippen molar-refractivity contribution in [1.82, 2.24) is 9.97 Å². The monoisotopic (exact) mass is 296 g/mol. The second kappa shape index (κ2) is 5.18. The highest BCUT2D eigenvalue weighted by Gasteiger charge is 2.52. The molecule has 2 aromatic rings. The molecule has 22 heavy (non-hydrogen) atoms. The predicted molar refractivity (Wildman–Crippen MR) is 87.9 cm³/mol. The van der Waals surface area contributed by atoms with Gasteiger partial charge < -0.3 is 9.31 Å². The molecule has 3 rings (SSSR count). The van der Waals surface area contributed by atoms with Crippen molar-refractivity contribution in [2.24, 2.45) is 0 Å². The summed E-state index contributed by atoms with van der Waals surface area (Å²) in [6.07, 6.45) is 3.49. The maximum atomic E-state index is 6.05. The summed E-state index contributed by atoms with van der Waals surface area (Å²) in [5.41, 5.74) is 3.04. The Morgan fingerprint density at radius 3 is 2.23 bits per heavy atom. The van der Waals surface area contributed by atoms with Gasteiger partial charge in [-0.1, -0.05) is 24.3 Å². The van der Waals surface area contributed by atoms with Crippen LogP contribution < -0.4 is 5.59 Å². The largest absolute Gasteiger partial charge is 0.516 e. The number of aromatic nitrogens is 2. The number of aryl methyl sites for hydroxylation is 1. The van der Waals surface area contributed by atoms with Gasteiger partial charge in [0.1, 0.15) is 0 Å². The molecule has 2 heterocycles. The van der Waals surface area contributed by atoms with Gasteiger partial charge in [0.2, 0.25) is 0 Å². The van der Waals surface area contributed by atoms with Gasteiger partial charge in [-0.15, -0.1) is 0 Å². The molecule has 0 spiro atoms. The molecule has 0 radical (unpaired) electrons. The van der Waals surface area contributed by atoms with Crippen LogP contribution in [0.2, 0.25) is 0 Å². The third-order valence-electron chi connectivity index (χ3n) is 4.57. The summed E-state index contributed by atoms with van der Waals surface area (Å²) in [5, 5.41) is 0. The Labute approximate surface area is 132 Å². The first-order valence-electron chi connectivity index (χ1n) is 7.54. The van der Waals surface area contributed by atoms with Crippen LogP contribution in [-0.2, 0) is 9.31 Å². The normalized spacial score (nSPS) is 19.4. The standard InChI is InChI=1S/C17H21BN2O2/c1-12-8-6-7-9-13(12)14-10-19-11-15(20-14)18-21-16(2,3)17(4,5)22-18/h6-11H,1-5H3. The highest BCUT2D eigenvalue weighted by Crippen LogP contribution is 2.36. The van der Waals surface area contributed by atoms with Crippen molar-refractivity contribution in [3.63, 3.8) is 0 Å². The van der Waals surface area contributed by atoms with Crippen LogP contribution in [0, 0.1) is 6.92 Å². The van der Waals surface area contributed by atoms with Gasteiger partial charge in [0.05, 0.1) is 28.7 Å². The smallest absolute Gasteiger partial charge is 0.398 e. The molecule has 0 bridgehead atoms. The molecular weight excluding hydrogens is 275 g/mol. The van der Waals surface area contributed by atoms with Gasteiger partial charge in [0, 0.05) is 11.8 Å². The van der Waals surface area contributed by atoms with E-state index in [4.69, 9.17) is 14.3 Å². The minimum atomic E-state index is -0.485. The second-order valence-electron chi connectivity index (χ2n) is 6.73. The molecule has 1 aliphatic rings. The first-order chi connectivity index (χ1) is 10.3. The highest BCUT2D eigenvalue weighted by molar-refractivity contribution is 6.61. The molecule has 1 aromatic heterocycles. The van der Waals surface area contributed by atoms with Crippen LogP contribution in [0.5, 0.6) is 0 Å². The third-order valence-corrected chi connectivity index (χ3v) is 4.57. The first kappa shape index (κ1) is 15.2. The van der Waals surface area contributed by atoms with Gasteiger partial charge in [-0.05, 0) is 40.2 Å². The molecule has 1 aliphatic heterocycles. The van der Waals surface area contributed by atoms with Crippen LogP contribution in [0.1, 0.15) is 33.3 Å².